The molecule has 1 atom stereocenters. The van der Waals surface area contributed by atoms with Crippen LogP contribution in [0.4, 0.5) is 0 Å². The minimum atomic E-state index is 0.0108. The Hall–Kier alpha value is -6.26. The van der Waals surface area contributed by atoms with E-state index in [4.69, 9.17) is 15.0 Å². The molecule has 1 heterocycles. The number of hydrogen-bond donors (Lipinski definition) is 0. The summed E-state index contributed by atoms with van der Waals surface area (Å²) in [6, 6.07) is 52.6. The zero-order valence-corrected chi connectivity index (χ0v) is 31.4. The van der Waals surface area contributed by atoms with Crippen LogP contribution in [0.2, 0.25) is 0 Å². The van der Waals surface area contributed by atoms with E-state index in [9.17, 15) is 0 Å². The van der Waals surface area contributed by atoms with Crippen molar-refractivity contribution in [2.45, 2.75) is 43.9 Å². The predicted octanol–water partition coefficient (Wildman–Crippen LogP) is 12.3. The van der Waals surface area contributed by atoms with Crippen LogP contribution in [-0.2, 0) is 5.41 Å². The number of allylic oxidation sites excluding steroid dienone is 6. The topological polar surface area (TPSA) is 50.5 Å². The molecule has 6 aromatic rings. The normalized spacial score (nSPS) is 17.3. The second-order valence-electron chi connectivity index (χ2n) is 14.5. The van der Waals surface area contributed by atoms with Gasteiger partial charge in [0.15, 0.2) is 11.7 Å². The van der Waals surface area contributed by atoms with E-state index in [0.717, 1.165) is 75.8 Å². The molecule has 4 heteroatoms. The Morgan fingerprint density at radius 1 is 0.636 bits per heavy atom. The lowest BCUT2D eigenvalue weighted by molar-refractivity contribution is 0.343. The lowest BCUT2D eigenvalue weighted by Gasteiger charge is -2.40. The van der Waals surface area contributed by atoms with Crippen molar-refractivity contribution in [1.82, 2.24) is 9.97 Å². The first kappa shape index (κ1) is 35.8. The smallest absolute Gasteiger partial charge is 0.160 e. The third kappa shape index (κ3) is 8.14. The Morgan fingerprint density at radius 2 is 1.20 bits per heavy atom. The molecule has 1 aromatic heterocycles. The largest absolute Gasteiger partial charge is 0.270 e. The summed E-state index contributed by atoms with van der Waals surface area (Å²) < 4.78 is 0. The fourth-order valence-corrected chi connectivity index (χ4v) is 8.03. The van der Waals surface area contributed by atoms with Crippen LogP contribution in [0.3, 0.4) is 0 Å². The SMILES string of the molecule is CN=C(N=C(/C=C/C1C=CC(C2(c3ccc(-c4cc(-c5ccccc5)nc(-c5ccccc5)n4)cc3)CCCCC2)=CC1)c1ccccc1)c1ccccc1. The molecule has 2 aliphatic rings. The van der Waals surface area contributed by atoms with Crippen molar-refractivity contribution in [2.24, 2.45) is 15.9 Å². The first-order chi connectivity index (χ1) is 27.2. The van der Waals surface area contributed by atoms with Gasteiger partial charge >= 0.3 is 0 Å². The molecule has 2 aliphatic carbocycles. The number of benzene rings is 5. The Kier molecular flexibility index (Phi) is 10.9. The number of hydrogen-bond acceptors (Lipinski definition) is 3. The maximum Gasteiger partial charge on any atom is 0.160 e. The van der Waals surface area contributed by atoms with Gasteiger partial charge in [-0.25, -0.2) is 15.0 Å². The maximum atomic E-state index is 5.09. The van der Waals surface area contributed by atoms with Gasteiger partial charge in [0.25, 0.3) is 0 Å². The second-order valence-corrected chi connectivity index (χ2v) is 14.5. The van der Waals surface area contributed by atoms with Crippen LogP contribution in [0.5, 0.6) is 0 Å². The minimum absolute atomic E-state index is 0.0108. The molecule has 0 aliphatic heterocycles. The summed E-state index contributed by atoms with van der Waals surface area (Å²) in [5.74, 6) is 1.75. The molecule has 0 saturated heterocycles. The lowest BCUT2D eigenvalue weighted by Crippen LogP contribution is -2.31. The van der Waals surface area contributed by atoms with Crippen molar-refractivity contribution >= 4 is 11.5 Å². The molecule has 0 bridgehead atoms. The minimum Gasteiger partial charge on any atom is -0.270 e. The third-order valence-electron chi connectivity index (χ3n) is 11.0. The zero-order chi connectivity index (χ0) is 37.3. The Labute approximate surface area is 325 Å². The number of nitrogens with zero attached hydrogens (tertiary/aromatic N) is 4. The lowest BCUT2D eigenvalue weighted by atomic mass is 9.63. The van der Waals surface area contributed by atoms with Gasteiger partial charge in [0, 0.05) is 40.3 Å². The van der Waals surface area contributed by atoms with Crippen molar-refractivity contribution in [2.75, 3.05) is 7.05 Å². The van der Waals surface area contributed by atoms with Gasteiger partial charge in [-0.15, -0.1) is 0 Å². The van der Waals surface area contributed by atoms with Crippen LogP contribution in [0.25, 0.3) is 33.9 Å². The van der Waals surface area contributed by atoms with Crippen molar-refractivity contribution in [3.8, 4) is 33.9 Å². The average molecular weight is 715 g/mol. The summed E-state index contributed by atoms with van der Waals surface area (Å²) in [6.45, 7) is 0. The Bertz CT molecular complexity index is 2290. The molecule has 1 saturated carbocycles. The van der Waals surface area contributed by atoms with Crippen LogP contribution in [0, 0.1) is 5.92 Å². The molecular formula is C51H46N4. The van der Waals surface area contributed by atoms with Crippen molar-refractivity contribution in [3.05, 3.63) is 204 Å². The van der Waals surface area contributed by atoms with E-state index in [0.29, 0.717) is 0 Å². The van der Waals surface area contributed by atoms with Gasteiger partial charge < -0.3 is 0 Å². The zero-order valence-electron chi connectivity index (χ0n) is 31.4. The van der Waals surface area contributed by atoms with Crippen LogP contribution < -0.4 is 0 Å². The highest BCUT2D eigenvalue weighted by Crippen LogP contribution is 2.47. The molecule has 1 unspecified atom stereocenters. The molecule has 55 heavy (non-hydrogen) atoms. The molecule has 8 rings (SSSR count). The predicted molar refractivity (Wildman–Crippen MR) is 229 cm³/mol. The van der Waals surface area contributed by atoms with Crippen molar-refractivity contribution < 1.29 is 0 Å². The van der Waals surface area contributed by atoms with Gasteiger partial charge in [-0.3, -0.25) is 4.99 Å². The van der Waals surface area contributed by atoms with E-state index >= 15 is 0 Å². The Morgan fingerprint density at radius 3 is 1.78 bits per heavy atom. The van der Waals surface area contributed by atoms with E-state index in [1.54, 1.807) is 0 Å². The molecule has 0 amide bonds. The average Bonchev–Trinajstić information content (AvgIpc) is 3.28. The van der Waals surface area contributed by atoms with Gasteiger partial charge in [0.05, 0.1) is 17.1 Å². The van der Waals surface area contributed by atoms with Gasteiger partial charge in [-0.1, -0.05) is 189 Å². The highest BCUT2D eigenvalue weighted by Gasteiger charge is 2.37. The van der Waals surface area contributed by atoms with Crippen molar-refractivity contribution in [3.63, 3.8) is 0 Å². The number of aromatic nitrogens is 2. The van der Waals surface area contributed by atoms with E-state index in [2.05, 4.69) is 139 Å². The molecule has 5 aromatic carbocycles. The number of aliphatic imine (C=N–C) groups is 2. The standard InChI is InChI=1S/C51H46N4/c1-52-49(42-21-11-4-12-22-42)53-46(39-17-7-2-8-18-39)34-27-38-25-30-44(31-26-38)51(35-15-6-16-36-51)45-32-28-41(29-33-45)48-37-47(40-19-9-3-10-20-40)54-50(55-48)43-23-13-5-14-24-43/h2-5,7-14,17-25,27-34,37-38H,6,15-16,26,35-36H2,1H3/b34-27+,52-49?,53-46?. The highest BCUT2D eigenvalue weighted by atomic mass is 14.9. The second kappa shape index (κ2) is 16.8. The molecular weight excluding hydrogens is 669 g/mol. The van der Waals surface area contributed by atoms with Crippen LogP contribution in [-0.4, -0.2) is 28.6 Å². The number of amidine groups is 1. The molecule has 1 fully saturated rings. The monoisotopic (exact) mass is 714 g/mol. The Balaban J connectivity index is 1.06. The molecule has 4 nitrogen and oxygen atoms in total. The summed E-state index contributed by atoms with van der Waals surface area (Å²) in [6.07, 6.45) is 18.8. The summed E-state index contributed by atoms with van der Waals surface area (Å²) in [7, 11) is 1.81. The van der Waals surface area contributed by atoms with E-state index in [1.165, 1.54) is 30.4 Å². The van der Waals surface area contributed by atoms with Gasteiger partial charge in [0.1, 0.15) is 0 Å². The van der Waals surface area contributed by atoms with Crippen LogP contribution >= 0.6 is 0 Å². The van der Waals surface area contributed by atoms with Crippen molar-refractivity contribution in [1.29, 1.82) is 0 Å². The number of rotatable bonds is 9. The van der Waals surface area contributed by atoms with Gasteiger partial charge in [-0.2, -0.15) is 0 Å². The fourth-order valence-electron chi connectivity index (χ4n) is 8.03. The summed E-state index contributed by atoms with van der Waals surface area (Å²) in [5.41, 5.74) is 10.9. The van der Waals surface area contributed by atoms with E-state index < -0.39 is 0 Å². The highest BCUT2D eigenvalue weighted by molar-refractivity contribution is 6.17. The molecule has 0 N–H and O–H groups in total. The van der Waals surface area contributed by atoms with E-state index in [-0.39, 0.29) is 11.3 Å². The quantitative estimate of drug-likeness (QED) is 0.111. The van der Waals surface area contributed by atoms with Crippen LogP contribution in [0.1, 0.15) is 55.2 Å². The summed E-state index contributed by atoms with van der Waals surface area (Å²) in [4.78, 5) is 19.7. The molecule has 0 radical (unpaired) electrons. The third-order valence-corrected chi connectivity index (χ3v) is 11.0. The van der Waals surface area contributed by atoms with Crippen LogP contribution in [0.15, 0.2) is 198 Å². The maximum absolute atomic E-state index is 5.09. The summed E-state index contributed by atoms with van der Waals surface area (Å²) in [5, 5.41) is 0. The van der Waals surface area contributed by atoms with Gasteiger partial charge in [-0.05, 0) is 48.5 Å². The first-order valence-corrected chi connectivity index (χ1v) is 19.5. The first-order valence-electron chi connectivity index (χ1n) is 19.5. The fraction of sp³-hybridized carbons (Fsp3) is 0.176. The summed E-state index contributed by atoms with van der Waals surface area (Å²) >= 11 is 0. The molecule has 0 spiro atoms. The van der Waals surface area contributed by atoms with E-state index in [1.807, 2.05) is 55.6 Å². The molecule has 270 valence electrons. The van der Waals surface area contributed by atoms with Gasteiger partial charge in [0.2, 0.25) is 0 Å².